The van der Waals surface area contributed by atoms with Crippen molar-refractivity contribution in [2.24, 2.45) is 0 Å². The van der Waals surface area contributed by atoms with Crippen molar-refractivity contribution in [1.82, 2.24) is 0 Å². The summed E-state index contributed by atoms with van der Waals surface area (Å²) >= 11 is 0. The maximum Gasteiger partial charge on any atom is 0.669 e. The monoisotopic (exact) mass is 426 g/mol. The SMILES string of the molecule is CCCOC1OC1C[Si](CC1OC1OCCC)(OC)O[Si](OC)(OC)OC. The Hall–Kier alpha value is 0.0738. The number of hydrogen-bond donors (Lipinski definition) is 0. The van der Waals surface area contributed by atoms with Crippen LogP contribution in [-0.4, -0.2) is 84.0 Å². The van der Waals surface area contributed by atoms with Crippen LogP contribution in [0.1, 0.15) is 26.7 Å². The molecule has 0 N–H and O–H groups in total. The van der Waals surface area contributed by atoms with Gasteiger partial charge >= 0.3 is 17.6 Å². The quantitative estimate of drug-likeness (QED) is 0.270. The number of epoxide rings is 2. The van der Waals surface area contributed by atoms with Crippen molar-refractivity contribution >= 4 is 17.6 Å². The average Bonchev–Trinajstić information content (AvgIpc) is 3.61. The van der Waals surface area contributed by atoms with E-state index < -0.39 is 17.6 Å². The minimum atomic E-state index is -3.30. The zero-order valence-corrected chi connectivity index (χ0v) is 19.2. The summed E-state index contributed by atoms with van der Waals surface area (Å²) in [5.74, 6) is 0. The van der Waals surface area contributed by atoms with E-state index in [4.69, 9.17) is 40.8 Å². The summed E-state index contributed by atoms with van der Waals surface area (Å²) in [5.41, 5.74) is 0. The van der Waals surface area contributed by atoms with E-state index in [1.165, 1.54) is 21.3 Å². The zero-order valence-electron chi connectivity index (χ0n) is 17.2. The fourth-order valence-corrected chi connectivity index (χ4v) is 9.52. The van der Waals surface area contributed by atoms with Gasteiger partial charge < -0.3 is 40.8 Å². The molecule has 2 rings (SSSR count). The van der Waals surface area contributed by atoms with E-state index in [0.717, 1.165) is 12.8 Å². The molecule has 0 saturated carbocycles. The summed E-state index contributed by atoms with van der Waals surface area (Å²) in [6.07, 6.45) is 1.30. The smallest absolute Gasteiger partial charge is 0.398 e. The van der Waals surface area contributed by atoms with Gasteiger partial charge in [-0.05, 0) is 12.8 Å². The van der Waals surface area contributed by atoms with Gasteiger partial charge in [-0.25, -0.2) is 0 Å². The van der Waals surface area contributed by atoms with Crippen LogP contribution in [0.25, 0.3) is 0 Å². The van der Waals surface area contributed by atoms with Gasteiger partial charge in [0.25, 0.3) is 0 Å². The Balaban J connectivity index is 2.04. The molecule has 0 spiro atoms. The van der Waals surface area contributed by atoms with E-state index in [0.29, 0.717) is 25.3 Å². The number of hydrogen-bond acceptors (Lipinski definition) is 9. The third-order valence-corrected chi connectivity index (χ3v) is 11.3. The first kappa shape index (κ1) is 23.4. The van der Waals surface area contributed by atoms with E-state index in [9.17, 15) is 0 Å². The summed E-state index contributed by atoms with van der Waals surface area (Å²) in [7, 11) is 0.0114. The van der Waals surface area contributed by atoms with Crippen LogP contribution in [-0.2, 0) is 40.8 Å². The fraction of sp³-hybridized carbons (Fsp3) is 1.00. The Bertz CT molecular complexity index is 406. The van der Waals surface area contributed by atoms with Crippen molar-refractivity contribution in [1.29, 1.82) is 0 Å². The Labute approximate surface area is 164 Å². The van der Waals surface area contributed by atoms with Gasteiger partial charge in [0.1, 0.15) is 12.2 Å². The molecule has 160 valence electrons. The highest BCUT2D eigenvalue weighted by atomic mass is 28.5. The second-order valence-corrected chi connectivity index (χ2v) is 12.7. The zero-order chi connectivity index (χ0) is 19.9. The van der Waals surface area contributed by atoms with Gasteiger partial charge in [-0.3, -0.25) is 0 Å². The third kappa shape index (κ3) is 6.54. The molecule has 2 saturated heterocycles. The van der Waals surface area contributed by atoms with Gasteiger partial charge in [0.15, 0.2) is 12.6 Å². The van der Waals surface area contributed by atoms with Crippen LogP contribution < -0.4 is 0 Å². The largest absolute Gasteiger partial charge is 0.669 e. The molecule has 4 atom stereocenters. The summed E-state index contributed by atoms with van der Waals surface area (Å²) in [6.45, 7) is 5.45. The lowest BCUT2D eigenvalue weighted by Gasteiger charge is -2.35. The Morgan fingerprint density at radius 2 is 1.15 bits per heavy atom. The van der Waals surface area contributed by atoms with Gasteiger partial charge in [0.2, 0.25) is 0 Å². The molecule has 0 amide bonds. The summed E-state index contributed by atoms with van der Waals surface area (Å²) < 4.78 is 51.3. The first-order valence-corrected chi connectivity index (χ1v) is 13.3. The van der Waals surface area contributed by atoms with Gasteiger partial charge in [0.05, 0.1) is 0 Å². The summed E-state index contributed by atoms with van der Waals surface area (Å²) in [4.78, 5) is 0. The topological polar surface area (TPSA) is 89.7 Å². The third-order valence-electron chi connectivity index (χ3n) is 4.50. The van der Waals surface area contributed by atoms with E-state index in [1.54, 1.807) is 7.11 Å². The molecular weight excluding hydrogens is 392 g/mol. The van der Waals surface area contributed by atoms with Crippen molar-refractivity contribution in [2.45, 2.75) is 63.6 Å². The minimum Gasteiger partial charge on any atom is -0.398 e. The van der Waals surface area contributed by atoms with Crippen molar-refractivity contribution in [3.63, 3.8) is 0 Å². The van der Waals surface area contributed by atoms with Gasteiger partial charge in [0, 0.05) is 53.7 Å². The first-order valence-electron chi connectivity index (χ1n) is 9.45. The average molecular weight is 427 g/mol. The molecule has 0 aromatic heterocycles. The van der Waals surface area contributed by atoms with E-state index in [2.05, 4.69) is 13.8 Å². The molecule has 27 heavy (non-hydrogen) atoms. The highest BCUT2D eigenvalue weighted by Gasteiger charge is 2.60. The van der Waals surface area contributed by atoms with Crippen LogP contribution in [0, 0.1) is 0 Å². The van der Waals surface area contributed by atoms with Gasteiger partial charge in [-0.15, -0.1) is 0 Å². The number of rotatable bonds is 16. The van der Waals surface area contributed by atoms with Crippen LogP contribution in [0.4, 0.5) is 0 Å². The molecule has 0 aromatic rings. The summed E-state index contributed by atoms with van der Waals surface area (Å²) in [5, 5.41) is 0. The molecule has 0 aliphatic carbocycles. The molecule has 11 heteroatoms. The molecule has 2 aliphatic rings. The standard InChI is InChI=1S/C16H34O9Si2/c1-7-9-21-15-13(23-15)11-26(17-3,25-27(18-4,19-5)20-6)12-14-16(24-14)22-10-8-2/h13-16H,7-12H2,1-6H3. The maximum atomic E-state index is 6.35. The molecule has 0 radical (unpaired) electrons. The van der Waals surface area contributed by atoms with E-state index in [-0.39, 0.29) is 24.8 Å². The predicted molar refractivity (Wildman–Crippen MR) is 100 cm³/mol. The highest BCUT2D eigenvalue weighted by Crippen LogP contribution is 2.40. The van der Waals surface area contributed by atoms with Crippen molar-refractivity contribution < 1.29 is 40.8 Å². The molecular formula is C16H34O9Si2. The molecule has 9 nitrogen and oxygen atoms in total. The Morgan fingerprint density at radius 1 is 0.704 bits per heavy atom. The molecule has 0 aromatic carbocycles. The minimum absolute atomic E-state index is 0.0748. The van der Waals surface area contributed by atoms with Crippen LogP contribution in [0.15, 0.2) is 0 Å². The van der Waals surface area contributed by atoms with Crippen molar-refractivity contribution in [3.05, 3.63) is 0 Å². The molecule has 4 unspecified atom stereocenters. The normalized spacial score (nSPS) is 29.6. The lowest BCUT2D eigenvalue weighted by molar-refractivity contribution is 0.0349. The number of ether oxygens (including phenoxy) is 4. The van der Waals surface area contributed by atoms with Crippen LogP contribution in [0.2, 0.25) is 12.1 Å². The molecule has 2 fully saturated rings. The van der Waals surface area contributed by atoms with Crippen molar-refractivity contribution in [2.75, 3.05) is 41.7 Å². The first-order chi connectivity index (χ1) is 13.0. The Kier molecular flexibility index (Phi) is 9.29. The molecule has 2 aliphatic heterocycles. The maximum absolute atomic E-state index is 6.35. The predicted octanol–water partition coefficient (Wildman–Crippen LogP) is 1.77. The highest BCUT2D eigenvalue weighted by molar-refractivity contribution is 6.76. The second-order valence-electron chi connectivity index (χ2n) is 6.56. The fourth-order valence-electron chi connectivity index (χ4n) is 2.89. The lowest BCUT2D eigenvalue weighted by Crippen LogP contribution is -2.58. The molecule has 0 bridgehead atoms. The van der Waals surface area contributed by atoms with Crippen LogP contribution >= 0.6 is 0 Å². The van der Waals surface area contributed by atoms with Crippen molar-refractivity contribution in [3.8, 4) is 0 Å². The van der Waals surface area contributed by atoms with E-state index >= 15 is 0 Å². The van der Waals surface area contributed by atoms with Crippen LogP contribution in [0.3, 0.4) is 0 Å². The van der Waals surface area contributed by atoms with Gasteiger partial charge in [-0.2, -0.15) is 0 Å². The Morgan fingerprint density at radius 3 is 1.48 bits per heavy atom. The van der Waals surface area contributed by atoms with Crippen LogP contribution in [0.5, 0.6) is 0 Å². The van der Waals surface area contributed by atoms with E-state index in [1.807, 2.05) is 0 Å². The second kappa shape index (κ2) is 10.7. The van der Waals surface area contributed by atoms with Gasteiger partial charge in [-0.1, -0.05) is 13.8 Å². The summed E-state index contributed by atoms with van der Waals surface area (Å²) in [6, 6.07) is 1.14. The molecule has 2 heterocycles. The lowest BCUT2D eigenvalue weighted by atomic mass is 10.5.